The number of amides is 2. The largest absolute Gasteiger partial charge is 0.458 e. The van der Waals surface area contributed by atoms with Gasteiger partial charge in [0.2, 0.25) is 5.91 Å². The summed E-state index contributed by atoms with van der Waals surface area (Å²) in [5.41, 5.74) is 10.3. The topological polar surface area (TPSA) is 112 Å². The highest BCUT2D eigenvalue weighted by atomic mass is 32.2. The summed E-state index contributed by atoms with van der Waals surface area (Å²) in [6, 6.07) is 0. The van der Waals surface area contributed by atoms with Gasteiger partial charge in [-0.3, -0.25) is 9.59 Å². The molecule has 0 aromatic carbocycles. The van der Waals surface area contributed by atoms with Crippen LogP contribution in [0.2, 0.25) is 0 Å². The van der Waals surface area contributed by atoms with E-state index in [1.807, 2.05) is 6.92 Å². The van der Waals surface area contributed by atoms with Gasteiger partial charge in [0.15, 0.2) is 0 Å². The summed E-state index contributed by atoms with van der Waals surface area (Å²) in [6.45, 7) is 11.1. The van der Waals surface area contributed by atoms with Gasteiger partial charge in [-0.15, -0.1) is 0 Å². The van der Waals surface area contributed by atoms with Crippen molar-refractivity contribution in [3.63, 3.8) is 0 Å². The van der Waals surface area contributed by atoms with Crippen LogP contribution in [0.25, 0.3) is 0 Å². The van der Waals surface area contributed by atoms with Crippen molar-refractivity contribution in [2.24, 2.45) is 22.8 Å². The highest BCUT2D eigenvalue weighted by molar-refractivity contribution is 7.99. The summed E-state index contributed by atoms with van der Waals surface area (Å²) in [5.74, 6) is -0.277. The molecule has 0 aliphatic heterocycles. The van der Waals surface area contributed by atoms with Crippen LogP contribution < -0.4 is 11.5 Å². The molecule has 0 saturated carbocycles. The fourth-order valence-electron chi connectivity index (χ4n) is 2.60. The van der Waals surface area contributed by atoms with Crippen molar-refractivity contribution < 1.29 is 19.1 Å². The van der Waals surface area contributed by atoms with Gasteiger partial charge in [-0.1, -0.05) is 79.6 Å². The summed E-state index contributed by atoms with van der Waals surface area (Å²) in [7, 11) is 0. The molecule has 0 spiro atoms. The second-order valence-corrected chi connectivity index (χ2v) is 10.2. The first-order valence-corrected chi connectivity index (χ1v) is 12.5. The molecule has 0 aromatic heterocycles. The molecular weight excluding hydrogens is 400 g/mol. The normalized spacial score (nSPS) is 11.9. The van der Waals surface area contributed by atoms with Gasteiger partial charge in [-0.25, -0.2) is 4.79 Å². The first kappa shape index (κ1) is 30.9. The number of thioether (sulfide) groups is 1. The van der Waals surface area contributed by atoms with Crippen molar-refractivity contribution in [2.45, 2.75) is 98.8 Å². The Morgan fingerprint density at radius 2 is 1.50 bits per heavy atom. The van der Waals surface area contributed by atoms with Crippen molar-refractivity contribution in [1.29, 1.82) is 0 Å². The summed E-state index contributed by atoms with van der Waals surface area (Å²) >= 11 is 1.74. The molecule has 1 atom stereocenters. The van der Waals surface area contributed by atoms with Crippen molar-refractivity contribution >= 4 is 29.5 Å². The molecule has 0 heterocycles. The highest BCUT2D eigenvalue weighted by Gasteiger charge is 2.11. The third-order valence-corrected chi connectivity index (χ3v) is 5.64. The van der Waals surface area contributed by atoms with Crippen LogP contribution in [0.5, 0.6) is 0 Å². The second-order valence-electron chi connectivity index (χ2n) is 8.99. The van der Waals surface area contributed by atoms with E-state index in [9.17, 15) is 14.4 Å². The summed E-state index contributed by atoms with van der Waals surface area (Å²) in [6.07, 6.45) is 12.2. The standard InChI is InChI=1S/C12H23NO3S.C11H23NO/c1-2-3-4-5-6-7-9-17-10-8-16-12(15)11(13)14;1-9(10(12)13)7-5-6-8-11(2,3)4/h2-10H2,1H3,(H2,13,14);9H,5-8H2,1-4H3,(H2,12,13). The van der Waals surface area contributed by atoms with Crippen LogP contribution in [0.15, 0.2) is 0 Å². The Morgan fingerprint density at radius 3 is 2.03 bits per heavy atom. The Labute approximate surface area is 188 Å². The lowest BCUT2D eigenvalue weighted by Gasteiger charge is -2.17. The van der Waals surface area contributed by atoms with Gasteiger partial charge >= 0.3 is 11.9 Å². The van der Waals surface area contributed by atoms with Gasteiger partial charge in [0.1, 0.15) is 6.61 Å². The molecule has 6 nitrogen and oxygen atoms in total. The molecule has 0 aromatic rings. The average Bonchev–Trinajstić information content (AvgIpc) is 2.65. The van der Waals surface area contributed by atoms with Crippen LogP contribution in [-0.4, -0.2) is 35.9 Å². The predicted molar refractivity (Wildman–Crippen MR) is 127 cm³/mol. The van der Waals surface area contributed by atoms with Crippen molar-refractivity contribution in [3.05, 3.63) is 0 Å². The lowest BCUT2D eigenvalue weighted by Crippen LogP contribution is -2.26. The summed E-state index contributed by atoms with van der Waals surface area (Å²) in [5, 5.41) is 0. The van der Waals surface area contributed by atoms with E-state index in [-0.39, 0.29) is 18.4 Å². The van der Waals surface area contributed by atoms with E-state index in [0.717, 1.165) is 24.3 Å². The first-order chi connectivity index (χ1) is 14.0. The minimum Gasteiger partial charge on any atom is -0.458 e. The molecule has 4 N–H and O–H groups in total. The van der Waals surface area contributed by atoms with Crippen LogP contribution in [0.3, 0.4) is 0 Å². The third-order valence-electron chi connectivity index (χ3n) is 4.60. The number of ether oxygens (including phenoxy) is 1. The SMILES string of the molecule is CC(CCCCC(C)(C)C)C(N)=O.CCCCCCCCSCCOC(=O)C(N)=O. The molecule has 1 unspecified atom stereocenters. The van der Waals surface area contributed by atoms with Crippen molar-refractivity contribution in [2.75, 3.05) is 18.1 Å². The van der Waals surface area contributed by atoms with E-state index < -0.39 is 11.9 Å². The molecule has 0 radical (unpaired) electrons. The Morgan fingerprint density at radius 1 is 0.900 bits per heavy atom. The summed E-state index contributed by atoms with van der Waals surface area (Å²) in [4.78, 5) is 31.7. The zero-order valence-electron chi connectivity index (χ0n) is 20.0. The molecule has 0 bridgehead atoms. The first-order valence-electron chi connectivity index (χ1n) is 11.3. The minimum absolute atomic E-state index is 0.0416. The van der Waals surface area contributed by atoms with E-state index in [2.05, 4.69) is 32.4 Å². The molecule has 30 heavy (non-hydrogen) atoms. The number of esters is 1. The fraction of sp³-hybridized carbons (Fsp3) is 0.870. The molecule has 0 rings (SSSR count). The van der Waals surface area contributed by atoms with E-state index in [4.69, 9.17) is 11.5 Å². The van der Waals surface area contributed by atoms with Crippen LogP contribution >= 0.6 is 11.8 Å². The van der Waals surface area contributed by atoms with Crippen LogP contribution in [0, 0.1) is 11.3 Å². The second kappa shape index (κ2) is 19.7. The van der Waals surface area contributed by atoms with Crippen LogP contribution in [0.4, 0.5) is 0 Å². The fourth-order valence-corrected chi connectivity index (χ4v) is 3.41. The predicted octanol–water partition coefficient (Wildman–Crippen LogP) is 4.82. The average molecular weight is 447 g/mol. The summed E-state index contributed by atoms with van der Waals surface area (Å²) < 4.78 is 4.63. The maximum Gasteiger partial charge on any atom is 0.396 e. The van der Waals surface area contributed by atoms with Gasteiger partial charge < -0.3 is 16.2 Å². The quantitative estimate of drug-likeness (QED) is 0.213. The van der Waals surface area contributed by atoms with Gasteiger partial charge in [-0.05, 0) is 30.4 Å². The van der Waals surface area contributed by atoms with Crippen molar-refractivity contribution in [3.8, 4) is 0 Å². The third kappa shape index (κ3) is 24.8. The maximum atomic E-state index is 10.7. The van der Waals surface area contributed by atoms with E-state index in [0.29, 0.717) is 5.41 Å². The molecule has 178 valence electrons. The number of nitrogens with two attached hydrogens (primary N) is 2. The lowest BCUT2D eigenvalue weighted by molar-refractivity contribution is -0.152. The van der Waals surface area contributed by atoms with Gasteiger partial charge in [0.05, 0.1) is 0 Å². The molecular formula is C23H46N2O4S. The smallest absolute Gasteiger partial charge is 0.396 e. The zero-order chi connectivity index (χ0) is 23.4. The zero-order valence-corrected chi connectivity index (χ0v) is 20.8. The Bertz CT molecular complexity index is 465. The number of rotatable bonds is 15. The maximum absolute atomic E-state index is 10.7. The van der Waals surface area contributed by atoms with Gasteiger partial charge in [0, 0.05) is 11.7 Å². The number of hydrogen-bond donors (Lipinski definition) is 2. The van der Waals surface area contributed by atoms with Crippen molar-refractivity contribution in [1.82, 2.24) is 0 Å². The Hall–Kier alpha value is -1.24. The van der Waals surface area contributed by atoms with Crippen LogP contribution in [0.1, 0.15) is 98.8 Å². The number of unbranched alkanes of at least 4 members (excludes halogenated alkanes) is 6. The number of carbonyl (C=O) groups excluding carboxylic acids is 3. The van der Waals surface area contributed by atoms with Crippen LogP contribution in [-0.2, 0) is 19.1 Å². The molecule has 0 aliphatic carbocycles. The molecule has 0 aliphatic rings. The molecule has 0 saturated heterocycles. The number of carbonyl (C=O) groups is 3. The number of primary amides is 2. The minimum atomic E-state index is -1.02. The molecule has 2 amide bonds. The number of hydrogen-bond acceptors (Lipinski definition) is 5. The van der Waals surface area contributed by atoms with E-state index in [1.54, 1.807) is 11.8 Å². The highest BCUT2D eigenvalue weighted by Crippen LogP contribution is 2.22. The van der Waals surface area contributed by atoms with E-state index in [1.165, 1.54) is 51.4 Å². The molecule has 0 fully saturated rings. The van der Waals surface area contributed by atoms with Gasteiger partial charge in [-0.2, -0.15) is 11.8 Å². The molecule has 7 heteroatoms. The Kier molecular flexibility index (Phi) is 20.3. The monoisotopic (exact) mass is 446 g/mol. The lowest BCUT2D eigenvalue weighted by atomic mass is 9.88. The Balaban J connectivity index is 0. The van der Waals surface area contributed by atoms with E-state index >= 15 is 0 Å². The van der Waals surface area contributed by atoms with Gasteiger partial charge in [0.25, 0.3) is 0 Å².